The lowest BCUT2D eigenvalue weighted by atomic mass is 10.0. The van der Waals surface area contributed by atoms with Gasteiger partial charge in [0.2, 0.25) is 0 Å². The van der Waals surface area contributed by atoms with Crippen LogP contribution in [0.5, 0.6) is 0 Å². The number of nitrogens with zero attached hydrogens (tertiary/aromatic N) is 1. The standard InChI is InChI=1S/C16H22N2/c1-2-10-18(15-6-7-15)12-13-5-8-16-14(11-13)4-3-9-17-16/h2,5,8,11,15,17H,1,3-4,6-7,9-10,12H2. The van der Waals surface area contributed by atoms with Crippen molar-refractivity contribution in [3.63, 3.8) is 0 Å². The molecule has 0 saturated heterocycles. The van der Waals surface area contributed by atoms with E-state index >= 15 is 0 Å². The molecule has 0 spiro atoms. The molecule has 1 heterocycles. The third-order valence-corrected chi connectivity index (χ3v) is 3.92. The predicted molar refractivity (Wildman–Crippen MR) is 76.9 cm³/mol. The van der Waals surface area contributed by atoms with Gasteiger partial charge >= 0.3 is 0 Å². The molecule has 1 N–H and O–H groups in total. The smallest absolute Gasteiger partial charge is 0.0372 e. The molecule has 1 aromatic carbocycles. The van der Waals surface area contributed by atoms with Gasteiger partial charge in [-0.05, 0) is 42.9 Å². The summed E-state index contributed by atoms with van der Waals surface area (Å²) in [5.41, 5.74) is 4.28. The Hall–Kier alpha value is -1.28. The zero-order valence-electron chi connectivity index (χ0n) is 11.0. The molecule has 2 nitrogen and oxygen atoms in total. The topological polar surface area (TPSA) is 15.3 Å². The van der Waals surface area contributed by atoms with E-state index in [1.807, 2.05) is 6.08 Å². The molecule has 1 fully saturated rings. The molecule has 1 aromatic rings. The SMILES string of the molecule is C=CCN(Cc1ccc2c(c1)CCCN2)C1CC1. The molecule has 0 atom stereocenters. The fraction of sp³-hybridized carbons (Fsp3) is 0.500. The predicted octanol–water partition coefficient (Wildman–Crippen LogP) is 3.20. The molecule has 0 unspecified atom stereocenters. The number of anilines is 1. The van der Waals surface area contributed by atoms with Crippen LogP contribution >= 0.6 is 0 Å². The third-order valence-electron chi connectivity index (χ3n) is 3.92. The van der Waals surface area contributed by atoms with E-state index in [1.165, 1.54) is 42.5 Å². The van der Waals surface area contributed by atoms with Crippen molar-refractivity contribution in [3.8, 4) is 0 Å². The number of rotatable bonds is 5. The van der Waals surface area contributed by atoms with Crippen LogP contribution in [0.2, 0.25) is 0 Å². The zero-order chi connectivity index (χ0) is 12.4. The molecule has 3 rings (SSSR count). The van der Waals surface area contributed by atoms with Crippen LogP contribution in [0.1, 0.15) is 30.4 Å². The average Bonchev–Trinajstić information content (AvgIpc) is 3.22. The minimum Gasteiger partial charge on any atom is -0.385 e. The Kier molecular flexibility index (Phi) is 3.37. The van der Waals surface area contributed by atoms with E-state index in [0.717, 1.165) is 25.7 Å². The highest BCUT2D eigenvalue weighted by atomic mass is 15.2. The van der Waals surface area contributed by atoms with Crippen LogP contribution in [0.25, 0.3) is 0 Å². The Bertz CT molecular complexity index is 435. The van der Waals surface area contributed by atoms with Gasteiger partial charge in [-0.3, -0.25) is 4.90 Å². The van der Waals surface area contributed by atoms with E-state index in [-0.39, 0.29) is 0 Å². The van der Waals surface area contributed by atoms with Gasteiger partial charge in [-0.2, -0.15) is 0 Å². The summed E-state index contributed by atoms with van der Waals surface area (Å²) in [6, 6.07) is 7.72. The first-order valence-corrected chi connectivity index (χ1v) is 7.07. The van der Waals surface area contributed by atoms with Crippen LogP contribution in [0.3, 0.4) is 0 Å². The number of nitrogens with one attached hydrogen (secondary N) is 1. The van der Waals surface area contributed by atoms with Crippen molar-refractivity contribution < 1.29 is 0 Å². The Morgan fingerprint density at radius 3 is 3.06 bits per heavy atom. The third kappa shape index (κ3) is 2.59. The van der Waals surface area contributed by atoms with Crippen molar-refractivity contribution in [3.05, 3.63) is 42.0 Å². The van der Waals surface area contributed by atoms with Crippen molar-refractivity contribution in [2.75, 3.05) is 18.4 Å². The first-order chi connectivity index (χ1) is 8.86. The molecule has 1 aliphatic heterocycles. The lowest BCUT2D eigenvalue weighted by Gasteiger charge is -2.23. The summed E-state index contributed by atoms with van der Waals surface area (Å²) in [6.45, 7) is 7.08. The minimum absolute atomic E-state index is 0.803. The molecule has 96 valence electrons. The van der Waals surface area contributed by atoms with Crippen molar-refractivity contribution in [1.82, 2.24) is 4.90 Å². The molecule has 0 radical (unpaired) electrons. The van der Waals surface area contributed by atoms with Crippen LogP contribution in [-0.2, 0) is 13.0 Å². The van der Waals surface area contributed by atoms with E-state index in [2.05, 4.69) is 35.0 Å². The molecular weight excluding hydrogens is 220 g/mol. The first-order valence-electron chi connectivity index (χ1n) is 7.07. The summed E-state index contributed by atoms with van der Waals surface area (Å²) >= 11 is 0. The van der Waals surface area contributed by atoms with E-state index in [1.54, 1.807) is 0 Å². The maximum absolute atomic E-state index is 3.87. The lowest BCUT2D eigenvalue weighted by molar-refractivity contribution is 0.284. The number of hydrogen-bond acceptors (Lipinski definition) is 2. The second-order valence-corrected chi connectivity index (χ2v) is 5.47. The van der Waals surface area contributed by atoms with Gasteiger partial charge < -0.3 is 5.32 Å². The van der Waals surface area contributed by atoms with Gasteiger partial charge in [-0.25, -0.2) is 0 Å². The number of hydrogen-bond donors (Lipinski definition) is 1. The Labute approximate surface area is 110 Å². The zero-order valence-corrected chi connectivity index (χ0v) is 11.0. The van der Waals surface area contributed by atoms with Crippen LogP contribution in [0.4, 0.5) is 5.69 Å². The fourth-order valence-electron chi connectivity index (χ4n) is 2.81. The Balaban J connectivity index is 1.73. The van der Waals surface area contributed by atoms with Crippen molar-refractivity contribution in [1.29, 1.82) is 0 Å². The molecule has 0 bridgehead atoms. The van der Waals surface area contributed by atoms with Gasteiger partial charge in [0.25, 0.3) is 0 Å². The van der Waals surface area contributed by atoms with E-state index < -0.39 is 0 Å². The van der Waals surface area contributed by atoms with E-state index in [4.69, 9.17) is 0 Å². The molecular formula is C16H22N2. The molecule has 0 aromatic heterocycles. The van der Waals surface area contributed by atoms with E-state index in [9.17, 15) is 0 Å². The minimum atomic E-state index is 0.803. The number of aryl methyl sites for hydroxylation is 1. The molecule has 18 heavy (non-hydrogen) atoms. The maximum atomic E-state index is 3.87. The summed E-state index contributed by atoms with van der Waals surface area (Å²) in [5, 5.41) is 3.47. The van der Waals surface area contributed by atoms with Gasteiger partial charge in [0, 0.05) is 31.4 Å². The molecule has 1 saturated carbocycles. The second-order valence-electron chi connectivity index (χ2n) is 5.47. The highest BCUT2D eigenvalue weighted by Crippen LogP contribution is 2.29. The van der Waals surface area contributed by atoms with Crippen molar-refractivity contribution >= 4 is 5.69 Å². The number of fused-ring (bicyclic) bond motifs is 1. The second kappa shape index (κ2) is 5.15. The largest absolute Gasteiger partial charge is 0.385 e. The summed E-state index contributed by atoms with van der Waals surface area (Å²) in [6.07, 6.45) is 7.23. The lowest BCUT2D eigenvalue weighted by Crippen LogP contribution is -2.25. The molecule has 0 amide bonds. The van der Waals surface area contributed by atoms with Crippen molar-refractivity contribution in [2.45, 2.75) is 38.3 Å². The normalized spacial score (nSPS) is 18.3. The van der Waals surface area contributed by atoms with Gasteiger partial charge in [0.1, 0.15) is 0 Å². The van der Waals surface area contributed by atoms with Gasteiger partial charge in [-0.1, -0.05) is 18.2 Å². The molecule has 2 heteroatoms. The van der Waals surface area contributed by atoms with Crippen LogP contribution in [0, 0.1) is 0 Å². The van der Waals surface area contributed by atoms with Crippen LogP contribution < -0.4 is 5.32 Å². The Morgan fingerprint density at radius 2 is 2.28 bits per heavy atom. The summed E-state index contributed by atoms with van der Waals surface area (Å²) < 4.78 is 0. The van der Waals surface area contributed by atoms with Gasteiger partial charge in [-0.15, -0.1) is 6.58 Å². The van der Waals surface area contributed by atoms with Gasteiger partial charge in [0.15, 0.2) is 0 Å². The number of benzene rings is 1. The summed E-state index contributed by atoms with van der Waals surface area (Å²) in [5.74, 6) is 0. The summed E-state index contributed by atoms with van der Waals surface area (Å²) in [4.78, 5) is 2.55. The molecule has 1 aliphatic carbocycles. The average molecular weight is 242 g/mol. The highest BCUT2D eigenvalue weighted by Gasteiger charge is 2.28. The van der Waals surface area contributed by atoms with E-state index in [0.29, 0.717) is 0 Å². The quantitative estimate of drug-likeness (QED) is 0.798. The fourth-order valence-corrected chi connectivity index (χ4v) is 2.81. The maximum Gasteiger partial charge on any atom is 0.0372 e. The van der Waals surface area contributed by atoms with Crippen LogP contribution in [0.15, 0.2) is 30.9 Å². The highest BCUT2D eigenvalue weighted by molar-refractivity contribution is 5.54. The monoisotopic (exact) mass is 242 g/mol. The first kappa shape index (κ1) is 11.8. The van der Waals surface area contributed by atoms with Crippen LogP contribution in [-0.4, -0.2) is 24.0 Å². The van der Waals surface area contributed by atoms with Crippen molar-refractivity contribution in [2.24, 2.45) is 0 Å². The Morgan fingerprint density at radius 1 is 1.39 bits per heavy atom. The molecule has 2 aliphatic rings. The summed E-state index contributed by atoms with van der Waals surface area (Å²) in [7, 11) is 0. The van der Waals surface area contributed by atoms with Gasteiger partial charge in [0.05, 0.1) is 0 Å².